The molecule has 0 radical (unpaired) electrons. The van der Waals surface area contributed by atoms with Crippen molar-refractivity contribution in [2.24, 2.45) is 0 Å². The van der Waals surface area contributed by atoms with Gasteiger partial charge in [0.05, 0.1) is 15.7 Å². The minimum absolute atomic E-state index is 0.869. The number of hydrogen-bond acceptors (Lipinski definition) is 2. The van der Waals surface area contributed by atoms with Crippen LogP contribution in [0.5, 0.6) is 0 Å². The van der Waals surface area contributed by atoms with Gasteiger partial charge < -0.3 is 4.57 Å². The first-order valence-corrected chi connectivity index (χ1v) is 8.17. The van der Waals surface area contributed by atoms with Crippen LogP contribution in [0, 0.1) is 4.51 Å². The molecule has 2 nitrogen and oxygen atoms in total. The van der Waals surface area contributed by atoms with E-state index in [9.17, 15) is 0 Å². The van der Waals surface area contributed by atoms with Gasteiger partial charge in [0, 0.05) is 34.6 Å². The Labute approximate surface area is 140 Å². The number of pyridine rings is 2. The molecule has 3 heteroatoms. The SMILES string of the molecule is CCn1cc(-c2ccc3ccccc3n2)c(=S)c2ccccc21. The van der Waals surface area contributed by atoms with Crippen molar-refractivity contribution in [3.8, 4) is 11.3 Å². The highest BCUT2D eigenvalue weighted by Gasteiger charge is 2.09. The van der Waals surface area contributed by atoms with E-state index in [1.165, 1.54) is 5.52 Å². The van der Waals surface area contributed by atoms with Crippen molar-refractivity contribution in [3.63, 3.8) is 0 Å². The highest BCUT2D eigenvalue weighted by molar-refractivity contribution is 7.71. The summed E-state index contributed by atoms with van der Waals surface area (Å²) in [5.74, 6) is 0. The van der Waals surface area contributed by atoms with Crippen molar-refractivity contribution >= 4 is 34.0 Å². The minimum atomic E-state index is 0.869. The predicted octanol–water partition coefficient (Wildman–Crippen LogP) is 5.61. The summed E-state index contributed by atoms with van der Waals surface area (Å²) in [7, 11) is 0. The normalized spacial score (nSPS) is 11.2. The number of rotatable bonds is 2. The highest BCUT2D eigenvalue weighted by Crippen LogP contribution is 2.27. The van der Waals surface area contributed by atoms with E-state index >= 15 is 0 Å². The van der Waals surface area contributed by atoms with Gasteiger partial charge in [-0.1, -0.05) is 54.7 Å². The molecule has 0 aliphatic heterocycles. The van der Waals surface area contributed by atoms with Gasteiger partial charge >= 0.3 is 0 Å². The molecular formula is C20H16N2S. The van der Waals surface area contributed by atoms with Gasteiger partial charge in [0.1, 0.15) is 0 Å². The Hall–Kier alpha value is -2.52. The van der Waals surface area contributed by atoms with Gasteiger partial charge in [-0.05, 0) is 25.1 Å². The first kappa shape index (κ1) is 14.1. The number of nitrogens with zero attached hydrogens (tertiary/aromatic N) is 2. The van der Waals surface area contributed by atoms with E-state index in [0.717, 1.165) is 38.6 Å². The standard InChI is InChI=1S/C20H16N2S/c1-2-22-13-16(20(23)15-8-4-6-10-19(15)22)18-12-11-14-7-3-5-9-17(14)21-18/h3-13H,2H2,1H3. The van der Waals surface area contributed by atoms with Gasteiger partial charge in [-0.2, -0.15) is 0 Å². The Morgan fingerprint density at radius 3 is 2.61 bits per heavy atom. The van der Waals surface area contributed by atoms with Crippen molar-refractivity contribution in [1.82, 2.24) is 9.55 Å². The fourth-order valence-corrected chi connectivity index (χ4v) is 3.34. The lowest BCUT2D eigenvalue weighted by Crippen LogP contribution is -2.00. The Balaban J connectivity index is 2.04. The molecule has 0 saturated heterocycles. The van der Waals surface area contributed by atoms with Crippen LogP contribution < -0.4 is 0 Å². The molecule has 0 saturated carbocycles. The third kappa shape index (κ3) is 2.34. The van der Waals surface area contributed by atoms with E-state index in [4.69, 9.17) is 17.2 Å². The van der Waals surface area contributed by atoms with Gasteiger partial charge in [-0.15, -0.1) is 0 Å². The third-order valence-corrected chi connectivity index (χ3v) is 4.64. The Morgan fingerprint density at radius 1 is 0.957 bits per heavy atom. The average Bonchev–Trinajstić information content (AvgIpc) is 2.62. The molecule has 2 aromatic carbocycles. The lowest BCUT2D eigenvalue weighted by atomic mass is 10.1. The highest BCUT2D eigenvalue weighted by atomic mass is 32.1. The quantitative estimate of drug-likeness (QED) is 0.448. The number of para-hydroxylation sites is 2. The first-order valence-electron chi connectivity index (χ1n) is 7.76. The summed E-state index contributed by atoms with van der Waals surface area (Å²) in [6.07, 6.45) is 2.13. The zero-order valence-corrected chi connectivity index (χ0v) is 13.7. The van der Waals surface area contributed by atoms with Gasteiger partial charge in [0.15, 0.2) is 0 Å². The summed E-state index contributed by atoms with van der Waals surface area (Å²) in [5.41, 5.74) is 4.12. The summed E-state index contributed by atoms with van der Waals surface area (Å²) < 4.78 is 3.10. The van der Waals surface area contributed by atoms with Gasteiger partial charge in [-0.3, -0.25) is 0 Å². The van der Waals surface area contributed by atoms with Crippen molar-refractivity contribution in [2.45, 2.75) is 13.5 Å². The lowest BCUT2D eigenvalue weighted by Gasteiger charge is -2.13. The maximum Gasteiger partial charge on any atom is 0.0739 e. The monoisotopic (exact) mass is 316 g/mol. The van der Waals surface area contributed by atoms with E-state index in [1.54, 1.807) is 0 Å². The first-order chi connectivity index (χ1) is 11.3. The molecule has 0 atom stereocenters. The second kappa shape index (κ2) is 5.60. The second-order valence-corrected chi connectivity index (χ2v) is 5.97. The summed E-state index contributed by atoms with van der Waals surface area (Å²) >= 11 is 5.75. The van der Waals surface area contributed by atoms with Gasteiger partial charge in [-0.25, -0.2) is 4.98 Å². The molecule has 2 heterocycles. The maximum atomic E-state index is 5.75. The molecule has 0 amide bonds. The van der Waals surface area contributed by atoms with Gasteiger partial charge in [0.2, 0.25) is 0 Å². The zero-order valence-electron chi connectivity index (χ0n) is 12.9. The number of hydrogen-bond donors (Lipinski definition) is 0. The van der Waals surface area contributed by atoms with Crippen molar-refractivity contribution in [3.05, 3.63) is 71.4 Å². The van der Waals surface area contributed by atoms with E-state index in [2.05, 4.69) is 54.1 Å². The fourth-order valence-electron chi connectivity index (χ4n) is 3.01. The zero-order chi connectivity index (χ0) is 15.8. The average molecular weight is 316 g/mol. The number of aromatic nitrogens is 2. The number of benzene rings is 2. The molecule has 0 aliphatic rings. The molecule has 0 N–H and O–H groups in total. The summed E-state index contributed by atoms with van der Waals surface area (Å²) in [5, 5.41) is 2.25. The Bertz CT molecular complexity index is 1080. The molecule has 4 aromatic rings. The molecular weight excluding hydrogens is 300 g/mol. The summed E-state index contributed by atoms with van der Waals surface area (Å²) in [4.78, 5) is 4.81. The van der Waals surface area contributed by atoms with Crippen LogP contribution in [0.4, 0.5) is 0 Å². The Morgan fingerprint density at radius 2 is 1.74 bits per heavy atom. The van der Waals surface area contributed by atoms with Crippen molar-refractivity contribution in [1.29, 1.82) is 0 Å². The number of aryl methyl sites for hydroxylation is 1. The van der Waals surface area contributed by atoms with Crippen molar-refractivity contribution in [2.75, 3.05) is 0 Å². The largest absolute Gasteiger partial charge is 0.347 e. The van der Waals surface area contributed by atoms with Crippen LogP contribution in [-0.4, -0.2) is 9.55 Å². The van der Waals surface area contributed by atoms with Crippen LogP contribution in [0.2, 0.25) is 0 Å². The van der Waals surface area contributed by atoms with E-state index < -0.39 is 0 Å². The topological polar surface area (TPSA) is 17.8 Å². The molecule has 0 spiro atoms. The number of fused-ring (bicyclic) bond motifs is 2. The summed E-state index contributed by atoms with van der Waals surface area (Å²) in [6, 6.07) is 20.6. The lowest BCUT2D eigenvalue weighted by molar-refractivity contribution is 0.789. The maximum absolute atomic E-state index is 5.75. The van der Waals surface area contributed by atoms with Gasteiger partial charge in [0.25, 0.3) is 0 Å². The van der Waals surface area contributed by atoms with Crippen LogP contribution in [0.3, 0.4) is 0 Å². The molecule has 112 valence electrons. The van der Waals surface area contributed by atoms with Crippen LogP contribution in [0.15, 0.2) is 66.9 Å². The van der Waals surface area contributed by atoms with Crippen LogP contribution in [0.1, 0.15) is 6.92 Å². The van der Waals surface area contributed by atoms with Crippen molar-refractivity contribution < 1.29 is 0 Å². The molecule has 2 aromatic heterocycles. The van der Waals surface area contributed by atoms with Crippen LogP contribution in [0.25, 0.3) is 33.1 Å². The molecule has 0 bridgehead atoms. The molecule has 0 aliphatic carbocycles. The molecule has 4 rings (SSSR count). The van der Waals surface area contributed by atoms with E-state index in [0.29, 0.717) is 0 Å². The second-order valence-electron chi connectivity index (χ2n) is 5.56. The molecule has 23 heavy (non-hydrogen) atoms. The van der Waals surface area contributed by atoms with Crippen LogP contribution >= 0.6 is 12.2 Å². The van der Waals surface area contributed by atoms with Crippen LogP contribution in [-0.2, 0) is 6.54 Å². The summed E-state index contributed by atoms with van der Waals surface area (Å²) in [6.45, 7) is 3.05. The third-order valence-electron chi connectivity index (χ3n) is 4.20. The van der Waals surface area contributed by atoms with E-state index in [1.807, 2.05) is 24.3 Å². The Kier molecular flexibility index (Phi) is 3.43. The fraction of sp³-hybridized carbons (Fsp3) is 0.100. The molecule has 0 unspecified atom stereocenters. The van der Waals surface area contributed by atoms with E-state index in [-0.39, 0.29) is 0 Å². The predicted molar refractivity (Wildman–Crippen MR) is 99.2 cm³/mol. The minimum Gasteiger partial charge on any atom is -0.347 e. The smallest absolute Gasteiger partial charge is 0.0739 e. The molecule has 0 fully saturated rings.